The number of carbonyl (C=O) groups is 2. The molecule has 1 aliphatic rings. The molecule has 6 heteroatoms. The zero-order chi connectivity index (χ0) is 15.9. The monoisotopic (exact) mass is 300 g/mol. The molecule has 1 aromatic carbocycles. The summed E-state index contributed by atoms with van der Waals surface area (Å²) in [6, 6.07) is 5.72. The molecule has 1 heterocycles. The summed E-state index contributed by atoms with van der Waals surface area (Å²) in [5.74, 6) is 0.942. The molecule has 1 fully saturated rings. The van der Waals surface area contributed by atoms with Gasteiger partial charge in [0.1, 0.15) is 18.6 Å². The first-order valence-corrected chi connectivity index (χ1v) is 6.82. The molecular formula is C16H16N2O4. The molecular weight excluding hydrogens is 284 g/mol. The highest BCUT2D eigenvalue weighted by Gasteiger charge is 2.28. The van der Waals surface area contributed by atoms with E-state index in [1.54, 1.807) is 24.1 Å². The van der Waals surface area contributed by atoms with Crippen molar-refractivity contribution in [1.29, 1.82) is 0 Å². The number of esters is 1. The zero-order valence-corrected chi connectivity index (χ0v) is 11.9. The van der Waals surface area contributed by atoms with E-state index in [1.807, 2.05) is 0 Å². The van der Waals surface area contributed by atoms with Crippen LogP contribution >= 0.6 is 0 Å². The number of anilines is 1. The summed E-state index contributed by atoms with van der Waals surface area (Å²) in [4.78, 5) is 34.6. The van der Waals surface area contributed by atoms with Gasteiger partial charge in [0.25, 0.3) is 0 Å². The van der Waals surface area contributed by atoms with Crippen molar-refractivity contribution in [2.75, 3.05) is 18.5 Å². The van der Waals surface area contributed by atoms with Crippen LogP contribution in [-0.4, -0.2) is 37.0 Å². The lowest BCUT2D eigenvalue weighted by Gasteiger charge is -2.12. The summed E-state index contributed by atoms with van der Waals surface area (Å²) in [6.07, 6.45) is 1.98. The maximum atomic E-state index is 12.1. The van der Waals surface area contributed by atoms with Crippen LogP contribution in [0.25, 0.3) is 0 Å². The molecule has 0 aliphatic carbocycles. The van der Waals surface area contributed by atoms with Crippen molar-refractivity contribution in [1.82, 2.24) is 5.32 Å². The topological polar surface area (TPSA) is 84.5 Å². The van der Waals surface area contributed by atoms with Crippen molar-refractivity contribution >= 4 is 23.5 Å². The molecule has 0 aromatic heterocycles. The van der Waals surface area contributed by atoms with Gasteiger partial charge in [-0.1, -0.05) is 18.7 Å². The van der Waals surface area contributed by atoms with E-state index >= 15 is 0 Å². The Hall–Kier alpha value is -2.69. The molecule has 1 aromatic rings. The highest BCUT2D eigenvalue weighted by atomic mass is 16.5. The van der Waals surface area contributed by atoms with Crippen LogP contribution in [0.2, 0.25) is 0 Å². The average molecular weight is 300 g/mol. The maximum absolute atomic E-state index is 12.1. The van der Waals surface area contributed by atoms with Gasteiger partial charge < -0.3 is 15.4 Å². The number of hydrogen-bond donors (Lipinski definition) is 2. The standard InChI is InChI=1S/C16H16N2O4/c1-2-8-22-16(21)11-4-3-5-13(9-11)18-15(20)14-12(10-19)6-7-17-14/h2-5,9,14,17H,1,6-8H2,(H,18,20). The fourth-order valence-corrected chi connectivity index (χ4v) is 2.14. The Kier molecular flexibility index (Phi) is 5.25. The van der Waals surface area contributed by atoms with E-state index < -0.39 is 12.0 Å². The van der Waals surface area contributed by atoms with E-state index in [9.17, 15) is 14.4 Å². The molecule has 0 spiro atoms. The van der Waals surface area contributed by atoms with E-state index in [4.69, 9.17) is 4.74 Å². The molecule has 114 valence electrons. The van der Waals surface area contributed by atoms with Crippen LogP contribution in [-0.2, 0) is 14.3 Å². The van der Waals surface area contributed by atoms with Crippen LogP contribution in [0.15, 0.2) is 42.5 Å². The highest BCUT2D eigenvalue weighted by Crippen LogP contribution is 2.16. The van der Waals surface area contributed by atoms with Gasteiger partial charge in [0.05, 0.1) is 5.56 Å². The van der Waals surface area contributed by atoms with E-state index in [0.29, 0.717) is 29.8 Å². The Morgan fingerprint density at radius 3 is 3.05 bits per heavy atom. The van der Waals surface area contributed by atoms with Gasteiger partial charge >= 0.3 is 5.97 Å². The summed E-state index contributed by atoms with van der Waals surface area (Å²) < 4.78 is 4.93. The van der Waals surface area contributed by atoms with Gasteiger partial charge in [-0.2, -0.15) is 0 Å². The highest BCUT2D eigenvalue weighted by molar-refractivity contribution is 5.99. The fourth-order valence-electron chi connectivity index (χ4n) is 2.14. The molecule has 2 rings (SSSR count). The van der Waals surface area contributed by atoms with Crippen molar-refractivity contribution in [2.24, 2.45) is 0 Å². The maximum Gasteiger partial charge on any atom is 0.338 e. The summed E-state index contributed by atoms with van der Waals surface area (Å²) in [5, 5.41) is 5.60. The quantitative estimate of drug-likeness (QED) is 0.483. The number of benzene rings is 1. The second kappa shape index (κ2) is 7.36. The first-order valence-electron chi connectivity index (χ1n) is 6.82. The summed E-state index contributed by atoms with van der Waals surface area (Å²) in [6.45, 7) is 4.15. The molecule has 1 amide bonds. The third-order valence-electron chi connectivity index (χ3n) is 3.18. The molecule has 1 aliphatic heterocycles. The molecule has 0 saturated carbocycles. The van der Waals surface area contributed by atoms with Gasteiger partial charge in [0.2, 0.25) is 5.91 Å². The van der Waals surface area contributed by atoms with E-state index in [-0.39, 0.29) is 12.5 Å². The predicted molar refractivity (Wildman–Crippen MR) is 81.2 cm³/mol. The Morgan fingerprint density at radius 1 is 1.50 bits per heavy atom. The molecule has 6 nitrogen and oxygen atoms in total. The lowest BCUT2D eigenvalue weighted by Crippen LogP contribution is -2.36. The molecule has 1 saturated heterocycles. The smallest absolute Gasteiger partial charge is 0.338 e. The zero-order valence-electron chi connectivity index (χ0n) is 11.9. The fraction of sp³-hybridized carbons (Fsp3) is 0.250. The molecule has 1 unspecified atom stereocenters. The Labute approximate surface area is 127 Å². The molecule has 2 N–H and O–H groups in total. The molecule has 1 atom stereocenters. The normalized spacial score (nSPS) is 16.7. The average Bonchev–Trinajstić information content (AvgIpc) is 3.01. The van der Waals surface area contributed by atoms with Crippen LogP contribution in [0.4, 0.5) is 5.69 Å². The second-order valence-corrected chi connectivity index (χ2v) is 4.72. The van der Waals surface area contributed by atoms with Crippen molar-refractivity contribution in [3.05, 3.63) is 48.1 Å². The van der Waals surface area contributed by atoms with Gasteiger partial charge in [-0.3, -0.25) is 4.79 Å². The van der Waals surface area contributed by atoms with Crippen LogP contribution in [0, 0.1) is 0 Å². The molecule has 22 heavy (non-hydrogen) atoms. The first-order chi connectivity index (χ1) is 10.7. The number of hydrogen-bond acceptors (Lipinski definition) is 5. The van der Waals surface area contributed by atoms with Crippen LogP contribution < -0.4 is 10.6 Å². The van der Waals surface area contributed by atoms with E-state index in [1.165, 1.54) is 12.1 Å². The number of amides is 1. The third kappa shape index (κ3) is 3.69. The summed E-state index contributed by atoms with van der Waals surface area (Å²) in [7, 11) is 0. The number of ether oxygens (including phenoxy) is 1. The van der Waals surface area contributed by atoms with Crippen LogP contribution in [0.3, 0.4) is 0 Å². The minimum Gasteiger partial charge on any atom is -0.458 e. The first kappa shape index (κ1) is 15.7. The van der Waals surface area contributed by atoms with Gasteiger partial charge in [0, 0.05) is 17.8 Å². The number of carbonyl (C=O) groups excluding carboxylic acids is 3. The molecule has 0 radical (unpaired) electrons. The number of rotatable bonds is 5. The Balaban J connectivity index is 2.07. The minimum absolute atomic E-state index is 0.120. The van der Waals surface area contributed by atoms with Crippen molar-refractivity contribution in [2.45, 2.75) is 12.5 Å². The van der Waals surface area contributed by atoms with Gasteiger partial charge in [-0.25, -0.2) is 9.59 Å². The van der Waals surface area contributed by atoms with Crippen molar-refractivity contribution in [3.8, 4) is 0 Å². The Morgan fingerprint density at radius 2 is 2.32 bits per heavy atom. The summed E-state index contributed by atoms with van der Waals surface area (Å²) in [5.41, 5.74) is 1.18. The lowest BCUT2D eigenvalue weighted by atomic mass is 10.1. The van der Waals surface area contributed by atoms with E-state index in [2.05, 4.69) is 17.2 Å². The van der Waals surface area contributed by atoms with Gasteiger partial charge in [-0.05, 0) is 24.6 Å². The van der Waals surface area contributed by atoms with Gasteiger partial charge in [-0.15, -0.1) is 0 Å². The largest absolute Gasteiger partial charge is 0.458 e. The van der Waals surface area contributed by atoms with Crippen molar-refractivity contribution < 1.29 is 19.1 Å². The lowest BCUT2D eigenvalue weighted by molar-refractivity contribution is -0.117. The number of nitrogens with one attached hydrogen (secondary N) is 2. The molecule has 0 bridgehead atoms. The Bertz CT molecular complexity index is 647. The minimum atomic E-state index is -0.672. The van der Waals surface area contributed by atoms with E-state index in [0.717, 1.165) is 0 Å². The van der Waals surface area contributed by atoms with Gasteiger partial charge in [0.15, 0.2) is 0 Å². The predicted octanol–water partition coefficient (Wildman–Crippen LogP) is 1.09. The second-order valence-electron chi connectivity index (χ2n) is 4.72. The van der Waals surface area contributed by atoms with Crippen LogP contribution in [0.5, 0.6) is 0 Å². The third-order valence-corrected chi connectivity index (χ3v) is 3.18. The SMILES string of the molecule is C=CCOC(=O)c1cccc(NC(=O)C2NCCC2=C=O)c1. The summed E-state index contributed by atoms with van der Waals surface area (Å²) >= 11 is 0. The van der Waals surface area contributed by atoms with Crippen LogP contribution in [0.1, 0.15) is 16.8 Å². The van der Waals surface area contributed by atoms with Crippen molar-refractivity contribution in [3.63, 3.8) is 0 Å².